The van der Waals surface area contributed by atoms with E-state index in [9.17, 15) is 9.59 Å². The lowest BCUT2D eigenvalue weighted by atomic mass is 9.94. The van der Waals surface area contributed by atoms with Gasteiger partial charge in [0.05, 0.1) is 12.0 Å². The smallest absolute Gasteiger partial charge is 0.259 e. The predicted octanol–water partition coefficient (Wildman–Crippen LogP) is 1.41. The van der Waals surface area contributed by atoms with Crippen LogP contribution in [0.1, 0.15) is 11.8 Å². The van der Waals surface area contributed by atoms with Crippen molar-refractivity contribution in [1.29, 1.82) is 0 Å². The largest absolute Gasteiger partial charge is 0.467 e. The summed E-state index contributed by atoms with van der Waals surface area (Å²) in [7, 11) is 0. The molecular formula is C15H12N2O4. The van der Waals surface area contributed by atoms with E-state index in [1.54, 1.807) is 23.5 Å². The molecule has 1 aromatic carbocycles. The number of carbonyl (C=O) groups is 2. The Morgan fingerprint density at radius 2 is 1.81 bits per heavy atom. The summed E-state index contributed by atoms with van der Waals surface area (Å²) in [4.78, 5) is 29.6. The number of amides is 2. The summed E-state index contributed by atoms with van der Waals surface area (Å²) in [6, 6.07) is 12.4. The zero-order valence-electron chi connectivity index (χ0n) is 10.9. The molecule has 2 aliphatic rings. The Morgan fingerprint density at radius 1 is 1.00 bits per heavy atom. The van der Waals surface area contributed by atoms with Crippen molar-refractivity contribution in [3.63, 3.8) is 0 Å². The maximum Gasteiger partial charge on any atom is 0.259 e. The van der Waals surface area contributed by atoms with Gasteiger partial charge in [0, 0.05) is 0 Å². The molecule has 2 fully saturated rings. The number of rotatable bonds is 2. The lowest BCUT2D eigenvalue weighted by molar-refractivity contribution is -0.129. The van der Waals surface area contributed by atoms with Gasteiger partial charge in [0.1, 0.15) is 17.7 Å². The van der Waals surface area contributed by atoms with E-state index in [0.29, 0.717) is 5.76 Å². The Hall–Kier alpha value is -2.60. The molecule has 4 rings (SSSR count). The first kappa shape index (κ1) is 12.2. The molecule has 0 radical (unpaired) electrons. The highest BCUT2D eigenvalue weighted by atomic mass is 16.7. The summed E-state index contributed by atoms with van der Waals surface area (Å²) in [6.45, 7) is 0. The minimum absolute atomic E-state index is 0.329. The Bertz CT molecular complexity index is 683. The number of hydrogen-bond donors (Lipinski definition) is 1. The molecule has 3 atom stereocenters. The minimum Gasteiger partial charge on any atom is -0.467 e. The van der Waals surface area contributed by atoms with Crippen molar-refractivity contribution >= 4 is 17.5 Å². The van der Waals surface area contributed by atoms with E-state index >= 15 is 0 Å². The summed E-state index contributed by atoms with van der Waals surface area (Å²) in [5.74, 6) is -0.745. The van der Waals surface area contributed by atoms with Gasteiger partial charge in [-0.25, -0.2) is 5.06 Å². The van der Waals surface area contributed by atoms with E-state index in [2.05, 4.69) is 5.32 Å². The zero-order chi connectivity index (χ0) is 14.4. The second kappa shape index (κ2) is 4.46. The topological polar surface area (TPSA) is 71.8 Å². The Balaban J connectivity index is 1.80. The monoisotopic (exact) mass is 284 g/mol. The van der Waals surface area contributed by atoms with Crippen LogP contribution in [0, 0.1) is 5.92 Å². The maximum atomic E-state index is 12.1. The molecule has 0 spiro atoms. The van der Waals surface area contributed by atoms with Gasteiger partial charge in [-0.2, -0.15) is 0 Å². The van der Waals surface area contributed by atoms with E-state index in [1.807, 2.05) is 30.3 Å². The van der Waals surface area contributed by atoms with Gasteiger partial charge in [-0.3, -0.25) is 19.7 Å². The van der Waals surface area contributed by atoms with Crippen molar-refractivity contribution in [2.45, 2.75) is 12.1 Å². The summed E-state index contributed by atoms with van der Waals surface area (Å²) in [5, 5.41) is 3.90. The van der Waals surface area contributed by atoms with Gasteiger partial charge in [-0.1, -0.05) is 18.2 Å². The predicted molar refractivity (Wildman–Crippen MR) is 71.9 cm³/mol. The van der Waals surface area contributed by atoms with Gasteiger partial charge >= 0.3 is 0 Å². The van der Waals surface area contributed by atoms with Crippen molar-refractivity contribution in [2.24, 2.45) is 5.92 Å². The van der Waals surface area contributed by atoms with Gasteiger partial charge in [0.15, 0.2) is 6.10 Å². The number of nitrogens with one attached hydrogen (secondary N) is 1. The molecule has 0 saturated carbocycles. The van der Waals surface area contributed by atoms with Gasteiger partial charge in [0.2, 0.25) is 5.91 Å². The third-order valence-corrected chi connectivity index (χ3v) is 3.80. The van der Waals surface area contributed by atoms with E-state index < -0.39 is 24.0 Å². The second-order valence-corrected chi connectivity index (χ2v) is 5.03. The van der Waals surface area contributed by atoms with E-state index in [1.165, 1.54) is 0 Å². The molecule has 6 nitrogen and oxygen atoms in total. The fourth-order valence-electron chi connectivity index (χ4n) is 2.88. The molecule has 21 heavy (non-hydrogen) atoms. The molecule has 106 valence electrons. The molecule has 2 saturated heterocycles. The van der Waals surface area contributed by atoms with Crippen molar-refractivity contribution in [3.8, 4) is 0 Å². The van der Waals surface area contributed by atoms with E-state index in [-0.39, 0.29) is 5.91 Å². The first-order chi connectivity index (χ1) is 10.3. The minimum atomic E-state index is -0.812. The first-order valence-corrected chi connectivity index (χ1v) is 6.65. The van der Waals surface area contributed by atoms with Crippen LogP contribution in [0.2, 0.25) is 0 Å². The van der Waals surface area contributed by atoms with Crippen LogP contribution in [-0.2, 0) is 14.4 Å². The molecular weight excluding hydrogens is 272 g/mol. The molecule has 2 aliphatic heterocycles. The van der Waals surface area contributed by atoms with Crippen LogP contribution in [0.4, 0.5) is 5.69 Å². The summed E-state index contributed by atoms with van der Waals surface area (Å²) >= 11 is 0. The highest BCUT2D eigenvalue weighted by Gasteiger charge is 2.57. The Kier molecular flexibility index (Phi) is 2.58. The van der Waals surface area contributed by atoms with Gasteiger partial charge in [-0.15, -0.1) is 0 Å². The molecule has 3 unspecified atom stereocenters. The lowest BCUT2D eigenvalue weighted by Crippen LogP contribution is -2.33. The highest BCUT2D eigenvalue weighted by molar-refractivity contribution is 6.07. The zero-order valence-corrected chi connectivity index (χ0v) is 10.9. The Morgan fingerprint density at radius 3 is 2.52 bits per heavy atom. The first-order valence-electron chi connectivity index (χ1n) is 6.65. The number of fused-ring (bicyclic) bond motifs is 1. The van der Waals surface area contributed by atoms with Crippen LogP contribution < -0.4 is 10.4 Å². The van der Waals surface area contributed by atoms with Crippen molar-refractivity contribution in [1.82, 2.24) is 5.32 Å². The fraction of sp³-hybridized carbons (Fsp3) is 0.200. The molecule has 0 aliphatic carbocycles. The van der Waals surface area contributed by atoms with Crippen molar-refractivity contribution in [3.05, 3.63) is 54.5 Å². The number of carbonyl (C=O) groups excluding carboxylic acids is 2. The molecule has 2 amide bonds. The molecule has 1 N–H and O–H groups in total. The number of imide groups is 1. The van der Waals surface area contributed by atoms with Crippen molar-refractivity contribution < 1.29 is 18.8 Å². The number of anilines is 1. The summed E-state index contributed by atoms with van der Waals surface area (Å²) < 4.78 is 5.45. The fourth-order valence-corrected chi connectivity index (χ4v) is 2.88. The van der Waals surface area contributed by atoms with Crippen LogP contribution >= 0.6 is 0 Å². The lowest BCUT2D eigenvalue weighted by Gasteiger charge is -2.25. The van der Waals surface area contributed by atoms with Gasteiger partial charge < -0.3 is 4.42 Å². The van der Waals surface area contributed by atoms with Gasteiger partial charge in [-0.05, 0) is 24.3 Å². The Labute approximate surface area is 120 Å². The van der Waals surface area contributed by atoms with Crippen LogP contribution in [0.5, 0.6) is 0 Å². The average molecular weight is 284 g/mol. The second-order valence-electron chi connectivity index (χ2n) is 5.03. The number of hydrogen-bond acceptors (Lipinski definition) is 5. The highest BCUT2D eigenvalue weighted by Crippen LogP contribution is 2.44. The quantitative estimate of drug-likeness (QED) is 0.844. The number of para-hydroxylation sites is 1. The number of hydroxylamine groups is 1. The third-order valence-electron chi connectivity index (χ3n) is 3.80. The van der Waals surface area contributed by atoms with Gasteiger partial charge in [0.25, 0.3) is 5.91 Å². The molecule has 6 heteroatoms. The summed E-state index contributed by atoms with van der Waals surface area (Å²) in [6.07, 6.45) is 0.730. The third kappa shape index (κ3) is 1.76. The SMILES string of the molecule is O=C1NC(=O)C2C1ON(c1ccccc1)C2c1ccco1. The van der Waals surface area contributed by atoms with E-state index in [0.717, 1.165) is 5.69 Å². The van der Waals surface area contributed by atoms with Crippen LogP contribution in [0.15, 0.2) is 53.1 Å². The molecule has 2 aromatic rings. The average Bonchev–Trinajstić information content (AvgIpc) is 3.19. The number of nitrogens with zero attached hydrogens (tertiary/aromatic N) is 1. The van der Waals surface area contributed by atoms with Crippen LogP contribution in [-0.4, -0.2) is 17.9 Å². The maximum absolute atomic E-state index is 12.1. The van der Waals surface area contributed by atoms with Crippen LogP contribution in [0.3, 0.4) is 0 Å². The molecule has 0 bridgehead atoms. The summed E-state index contributed by atoms with van der Waals surface area (Å²) in [5.41, 5.74) is 0.772. The number of furan rings is 1. The normalized spacial score (nSPS) is 27.8. The number of benzene rings is 1. The molecule has 3 heterocycles. The van der Waals surface area contributed by atoms with E-state index in [4.69, 9.17) is 9.25 Å². The van der Waals surface area contributed by atoms with Crippen molar-refractivity contribution in [2.75, 3.05) is 5.06 Å². The van der Waals surface area contributed by atoms with Crippen LogP contribution in [0.25, 0.3) is 0 Å². The molecule has 1 aromatic heterocycles. The standard InChI is InChI=1S/C15H12N2O4/c18-14-11-12(10-7-4-8-20-10)17(9-5-2-1-3-6-9)21-13(11)15(19)16-14/h1-8,11-13H,(H,16,18,19).